The molecule has 0 saturated carbocycles. The first-order chi connectivity index (χ1) is 14.5. The number of benzene rings is 2. The summed E-state index contributed by atoms with van der Waals surface area (Å²) in [5.74, 6) is -1.12. The Bertz CT molecular complexity index is 1040. The highest BCUT2D eigenvalue weighted by atomic mass is 35.5. The van der Waals surface area contributed by atoms with Gasteiger partial charge in [0.15, 0.2) is 0 Å². The number of pyridine rings is 1. The Balaban J connectivity index is 1.47. The van der Waals surface area contributed by atoms with Crippen LogP contribution in [0.4, 0.5) is 4.79 Å². The topological polar surface area (TPSA) is 88.5 Å². The highest BCUT2D eigenvalue weighted by Gasteiger charge is 2.29. The largest absolute Gasteiger partial charge is 0.481 e. The summed E-state index contributed by atoms with van der Waals surface area (Å²) >= 11 is 5.79. The molecule has 6 nitrogen and oxygen atoms in total. The van der Waals surface area contributed by atoms with Gasteiger partial charge in [-0.05, 0) is 33.9 Å². The summed E-state index contributed by atoms with van der Waals surface area (Å²) in [6, 6.07) is 18.5. The maximum Gasteiger partial charge on any atom is 0.407 e. The molecule has 1 aliphatic rings. The van der Waals surface area contributed by atoms with Crippen LogP contribution in [-0.4, -0.2) is 28.8 Å². The van der Waals surface area contributed by atoms with Crippen LogP contribution in [0.3, 0.4) is 0 Å². The van der Waals surface area contributed by atoms with Gasteiger partial charge >= 0.3 is 12.1 Å². The molecule has 2 aromatic carbocycles. The summed E-state index contributed by atoms with van der Waals surface area (Å²) in [6.07, 6.45) is 0.464. The van der Waals surface area contributed by atoms with Crippen molar-refractivity contribution in [1.82, 2.24) is 10.3 Å². The molecule has 0 aliphatic heterocycles. The minimum Gasteiger partial charge on any atom is -0.481 e. The molecule has 1 atom stereocenters. The lowest BCUT2D eigenvalue weighted by atomic mass is 9.98. The van der Waals surface area contributed by atoms with Crippen molar-refractivity contribution in [2.45, 2.75) is 18.4 Å². The number of amides is 1. The number of carboxylic acids is 1. The Morgan fingerprint density at radius 3 is 2.23 bits per heavy atom. The number of fused-ring (bicyclic) bond motifs is 3. The number of aromatic nitrogens is 1. The Morgan fingerprint density at radius 2 is 1.67 bits per heavy atom. The fourth-order valence-corrected chi connectivity index (χ4v) is 3.91. The van der Waals surface area contributed by atoms with E-state index in [-0.39, 0.29) is 24.1 Å². The third-order valence-corrected chi connectivity index (χ3v) is 5.39. The third-order valence-electron chi connectivity index (χ3n) is 5.17. The SMILES string of the molecule is O=C(O)C[C@@H](NC(=O)OCC1c2ccccc2-c2ccccc21)c1ccc(Cl)nc1. The molecule has 1 heterocycles. The van der Waals surface area contributed by atoms with Crippen LogP contribution in [0, 0.1) is 0 Å². The van der Waals surface area contributed by atoms with Gasteiger partial charge in [-0.25, -0.2) is 9.78 Å². The van der Waals surface area contributed by atoms with Gasteiger partial charge in [0.25, 0.3) is 0 Å². The first-order valence-electron chi connectivity index (χ1n) is 9.47. The first-order valence-corrected chi connectivity index (χ1v) is 9.85. The molecule has 0 spiro atoms. The molecule has 1 aromatic heterocycles. The van der Waals surface area contributed by atoms with Crippen LogP contribution in [0.1, 0.15) is 35.1 Å². The molecule has 1 aliphatic carbocycles. The van der Waals surface area contributed by atoms with Gasteiger partial charge in [0.05, 0.1) is 12.5 Å². The fraction of sp³-hybridized carbons (Fsp3) is 0.174. The van der Waals surface area contributed by atoms with Crippen molar-refractivity contribution in [2.24, 2.45) is 0 Å². The van der Waals surface area contributed by atoms with Crippen LogP contribution < -0.4 is 5.32 Å². The van der Waals surface area contributed by atoms with Crippen molar-refractivity contribution < 1.29 is 19.4 Å². The lowest BCUT2D eigenvalue weighted by molar-refractivity contribution is -0.137. The summed E-state index contributed by atoms with van der Waals surface area (Å²) < 4.78 is 5.51. The highest BCUT2D eigenvalue weighted by molar-refractivity contribution is 6.29. The zero-order chi connectivity index (χ0) is 21.1. The monoisotopic (exact) mass is 422 g/mol. The van der Waals surface area contributed by atoms with E-state index in [4.69, 9.17) is 16.3 Å². The van der Waals surface area contributed by atoms with Crippen LogP contribution in [-0.2, 0) is 9.53 Å². The van der Waals surface area contributed by atoms with E-state index >= 15 is 0 Å². The maximum atomic E-state index is 12.5. The van der Waals surface area contributed by atoms with E-state index in [1.165, 1.54) is 6.20 Å². The summed E-state index contributed by atoms with van der Waals surface area (Å²) in [5, 5.41) is 12.1. The van der Waals surface area contributed by atoms with E-state index in [0.29, 0.717) is 5.56 Å². The molecule has 7 heteroatoms. The Hall–Kier alpha value is -3.38. The first kappa shape index (κ1) is 19.9. The molecule has 0 bridgehead atoms. The van der Waals surface area contributed by atoms with Crippen LogP contribution in [0.25, 0.3) is 11.1 Å². The second-order valence-corrected chi connectivity index (χ2v) is 7.42. The van der Waals surface area contributed by atoms with Gasteiger partial charge in [-0.3, -0.25) is 4.79 Å². The van der Waals surface area contributed by atoms with Crippen LogP contribution >= 0.6 is 11.6 Å². The molecule has 0 radical (unpaired) electrons. The molecule has 0 unspecified atom stereocenters. The smallest absolute Gasteiger partial charge is 0.407 e. The summed E-state index contributed by atoms with van der Waals surface area (Å²) in [5.41, 5.74) is 5.03. The van der Waals surface area contributed by atoms with E-state index in [1.54, 1.807) is 12.1 Å². The molecule has 0 saturated heterocycles. The van der Waals surface area contributed by atoms with Gasteiger partial charge in [-0.15, -0.1) is 0 Å². The van der Waals surface area contributed by atoms with Gasteiger partial charge in [-0.1, -0.05) is 66.2 Å². The van der Waals surface area contributed by atoms with Crippen LogP contribution in [0.5, 0.6) is 0 Å². The molecule has 3 aromatic rings. The summed E-state index contributed by atoms with van der Waals surface area (Å²) in [4.78, 5) is 27.7. The number of aliphatic carboxylic acids is 1. The average Bonchev–Trinajstić information content (AvgIpc) is 3.06. The second-order valence-electron chi connectivity index (χ2n) is 7.03. The van der Waals surface area contributed by atoms with Gasteiger partial charge in [0.2, 0.25) is 0 Å². The number of nitrogens with zero attached hydrogens (tertiary/aromatic N) is 1. The van der Waals surface area contributed by atoms with Crippen LogP contribution in [0.2, 0.25) is 5.15 Å². The zero-order valence-corrected chi connectivity index (χ0v) is 16.7. The molecule has 2 N–H and O–H groups in total. The van der Waals surface area contributed by atoms with E-state index in [2.05, 4.69) is 22.4 Å². The van der Waals surface area contributed by atoms with Crippen molar-refractivity contribution in [1.29, 1.82) is 0 Å². The highest BCUT2D eigenvalue weighted by Crippen LogP contribution is 2.44. The van der Waals surface area contributed by atoms with Gasteiger partial charge in [-0.2, -0.15) is 0 Å². The number of alkyl carbamates (subject to hydrolysis) is 1. The lowest BCUT2D eigenvalue weighted by Crippen LogP contribution is -2.31. The van der Waals surface area contributed by atoms with E-state index in [9.17, 15) is 14.7 Å². The van der Waals surface area contributed by atoms with Gasteiger partial charge in [0.1, 0.15) is 11.8 Å². The van der Waals surface area contributed by atoms with Gasteiger partial charge in [0, 0.05) is 12.1 Å². The van der Waals surface area contributed by atoms with E-state index in [1.807, 2.05) is 36.4 Å². The molecule has 0 fully saturated rings. The van der Waals surface area contributed by atoms with Crippen molar-refractivity contribution in [3.8, 4) is 11.1 Å². The predicted octanol–water partition coefficient (Wildman–Crippen LogP) is 4.79. The van der Waals surface area contributed by atoms with Crippen molar-refractivity contribution >= 4 is 23.7 Å². The Labute approximate surface area is 178 Å². The molecular formula is C23H19ClN2O4. The molecule has 4 rings (SSSR count). The fourth-order valence-electron chi connectivity index (χ4n) is 3.80. The predicted molar refractivity (Wildman–Crippen MR) is 112 cm³/mol. The number of carboxylic acid groups (broad SMARTS) is 1. The standard InChI is InChI=1S/C23H19ClN2O4/c24-21-10-9-14(12-25-21)20(11-22(27)28)26-23(29)30-13-19-17-7-3-1-5-15(17)16-6-2-4-8-18(16)19/h1-10,12,19-20H,11,13H2,(H,26,29)(H,27,28)/t20-/m1/s1. The summed E-state index contributed by atoms with van der Waals surface area (Å²) in [7, 11) is 0. The Kier molecular flexibility index (Phi) is 5.68. The number of ether oxygens (including phenoxy) is 1. The number of nitrogens with one attached hydrogen (secondary N) is 1. The number of carbonyl (C=O) groups is 2. The quantitative estimate of drug-likeness (QED) is 0.557. The number of halogens is 1. The van der Waals surface area contributed by atoms with E-state index < -0.39 is 18.1 Å². The van der Waals surface area contributed by atoms with Crippen molar-refractivity contribution in [2.75, 3.05) is 6.61 Å². The minimum absolute atomic E-state index is 0.0710. The third kappa shape index (κ3) is 4.14. The number of hydrogen-bond acceptors (Lipinski definition) is 4. The van der Waals surface area contributed by atoms with Crippen molar-refractivity contribution in [3.63, 3.8) is 0 Å². The normalized spacial score (nSPS) is 13.2. The molecule has 1 amide bonds. The minimum atomic E-state index is -1.05. The van der Waals surface area contributed by atoms with E-state index in [0.717, 1.165) is 22.3 Å². The molecule has 30 heavy (non-hydrogen) atoms. The molecule has 152 valence electrons. The lowest BCUT2D eigenvalue weighted by Gasteiger charge is -2.19. The number of rotatable bonds is 6. The van der Waals surface area contributed by atoms with Crippen LogP contribution in [0.15, 0.2) is 66.9 Å². The second kappa shape index (κ2) is 8.55. The average molecular weight is 423 g/mol. The molecular weight excluding hydrogens is 404 g/mol. The summed E-state index contributed by atoms with van der Waals surface area (Å²) in [6.45, 7) is 0.151. The number of hydrogen-bond donors (Lipinski definition) is 2. The zero-order valence-electron chi connectivity index (χ0n) is 15.9. The van der Waals surface area contributed by atoms with Crippen molar-refractivity contribution in [3.05, 3.63) is 88.7 Å². The number of carbonyl (C=O) groups excluding carboxylic acids is 1. The van der Waals surface area contributed by atoms with Gasteiger partial charge < -0.3 is 15.2 Å². The maximum absolute atomic E-state index is 12.5. The Morgan fingerprint density at radius 1 is 1.03 bits per heavy atom.